The van der Waals surface area contributed by atoms with E-state index in [0.29, 0.717) is 5.75 Å². The second kappa shape index (κ2) is 5.98. The van der Waals surface area contributed by atoms with Crippen LogP contribution in [0.25, 0.3) is 0 Å². The fraction of sp³-hybridized carbons (Fsp3) is 0.143. The number of methoxy groups -OCH3 is 1. The maximum Gasteiger partial charge on any atom is 0.262 e. The highest BCUT2D eigenvalue weighted by atomic mass is 32.2. The van der Waals surface area contributed by atoms with Gasteiger partial charge in [0, 0.05) is 6.26 Å². The number of sulfone groups is 1. The number of sulfonamides is 1. The fourth-order valence-corrected chi connectivity index (χ4v) is 3.66. The lowest BCUT2D eigenvalue weighted by molar-refractivity contribution is 0.417. The Morgan fingerprint density at radius 1 is 0.909 bits per heavy atom. The summed E-state index contributed by atoms with van der Waals surface area (Å²) in [4.78, 5) is -0.197. The van der Waals surface area contributed by atoms with E-state index in [1.54, 1.807) is 24.3 Å². The summed E-state index contributed by atoms with van der Waals surface area (Å²) in [6, 6.07) is 11.7. The van der Waals surface area contributed by atoms with Gasteiger partial charge in [0.2, 0.25) is 0 Å². The van der Waals surface area contributed by atoms with E-state index in [2.05, 4.69) is 4.72 Å². The molecule has 22 heavy (non-hydrogen) atoms. The van der Waals surface area contributed by atoms with Crippen molar-refractivity contribution in [3.05, 3.63) is 48.5 Å². The second-order valence-corrected chi connectivity index (χ2v) is 8.25. The molecule has 0 spiro atoms. The third-order valence-electron chi connectivity index (χ3n) is 2.90. The normalized spacial score (nSPS) is 11.9. The van der Waals surface area contributed by atoms with E-state index in [4.69, 9.17) is 4.74 Å². The predicted octanol–water partition coefficient (Wildman–Crippen LogP) is 1.90. The zero-order chi connectivity index (χ0) is 16.4. The molecule has 0 radical (unpaired) electrons. The summed E-state index contributed by atoms with van der Waals surface area (Å²) in [5.74, 6) is 0.366. The molecule has 2 aromatic rings. The van der Waals surface area contributed by atoms with Crippen LogP contribution in [0.15, 0.2) is 58.3 Å². The first kappa shape index (κ1) is 16.3. The molecule has 1 N–H and O–H groups in total. The maximum atomic E-state index is 12.4. The van der Waals surface area contributed by atoms with Crippen molar-refractivity contribution in [2.75, 3.05) is 18.1 Å². The van der Waals surface area contributed by atoms with E-state index in [9.17, 15) is 16.8 Å². The van der Waals surface area contributed by atoms with Gasteiger partial charge >= 0.3 is 0 Å². The molecule has 118 valence electrons. The van der Waals surface area contributed by atoms with Crippen LogP contribution in [0.3, 0.4) is 0 Å². The zero-order valence-corrected chi connectivity index (χ0v) is 13.6. The third-order valence-corrected chi connectivity index (χ3v) is 5.37. The molecule has 0 saturated carbocycles. The van der Waals surface area contributed by atoms with Crippen molar-refractivity contribution in [1.29, 1.82) is 0 Å². The molecule has 0 amide bonds. The molecule has 0 aromatic heterocycles. The van der Waals surface area contributed by atoms with Gasteiger partial charge in [0.1, 0.15) is 5.75 Å². The van der Waals surface area contributed by atoms with Crippen molar-refractivity contribution in [1.82, 2.24) is 0 Å². The minimum absolute atomic E-state index is 0.0598. The molecular weight excluding hydrogens is 326 g/mol. The van der Waals surface area contributed by atoms with Gasteiger partial charge in [0.25, 0.3) is 10.0 Å². The summed E-state index contributed by atoms with van der Waals surface area (Å²) in [6.45, 7) is 0. The molecule has 0 aliphatic rings. The molecule has 2 aromatic carbocycles. The molecule has 0 aliphatic heterocycles. The van der Waals surface area contributed by atoms with Gasteiger partial charge in [-0.1, -0.05) is 18.2 Å². The van der Waals surface area contributed by atoms with Gasteiger partial charge in [-0.2, -0.15) is 0 Å². The summed E-state index contributed by atoms with van der Waals surface area (Å²) >= 11 is 0. The van der Waals surface area contributed by atoms with Crippen LogP contribution in [-0.2, 0) is 19.9 Å². The van der Waals surface area contributed by atoms with Gasteiger partial charge in [0.05, 0.1) is 22.6 Å². The largest absolute Gasteiger partial charge is 0.495 e. The number of ether oxygens (including phenoxy) is 1. The Morgan fingerprint density at radius 2 is 1.55 bits per heavy atom. The SMILES string of the molecule is COc1ccccc1NS(=O)(=O)c1cccc(S(C)(=O)=O)c1. The molecular formula is C14H15NO5S2. The number of para-hydroxylation sites is 2. The van der Waals surface area contributed by atoms with E-state index >= 15 is 0 Å². The van der Waals surface area contributed by atoms with Crippen molar-refractivity contribution in [2.45, 2.75) is 9.79 Å². The number of hydrogen-bond acceptors (Lipinski definition) is 5. The quantitative estimate of drug-likeness (QED) is 0.897. The molecule has 0 fully saturated rings. The molecule has 0 unspecified atom stereocenters. The highest BCUT2D eigenvalue weighted by molar-refractivity contribution is 7.93. The molecule has 0 bridgehead atoms. The highest BCUT2D eigenvalue weighted by Gasteiger charge is 2.18. The highest BCUT2D eigenvalue weighted by Crippen LogP contribution is 2.26. The first-order chi connectivity index (χ1) is 10.2. The first-order valence-corrected chi connectivity index (χ1v) is 9.57. The van der Waals surface area contributed by atoms with Crippen LogP contribution in [0, 0.1) is 0 Å². The third kappa shape index (κ3) is 3.58. The van der Waals surface area contributed by atoms with E-state index in [1.165, 1.54) is 25.3 Å². The summed E-state index contributed by atoms with van der Waals surface area (Å²) in [5.41, 5.74) is 0.273. The van der Waals surface area contributed by atoms with Crippen LogP contribution in [0.1, 0.15) is 0 Å². The lowest BCUT2D eigenvalue weighted by Gasteiger charge is -2.12. The fourth-order valence-electron chi connectivity index (χ4n) is 1.80. The van der Waals surface area contributed by atoms with Gasteiger partial charge in [-0.05, 0) is 30.3 Å². The van der Waals surface area contributed by atoms with Crippen LogP contribution in [0.2, 0.25) is 0 Å². The van der Waals surface area contributed by atoms with Crippen molar-refractivity contribution >= 4 is 25.5 Å². The van der Waals surface area contributed by atoms with Crippen molar-refractivity contribution < 1.29 is 21.6 Å². The van der Waals surface area contributed by atoms with Crippen molar-refractivity contribution in [3.8, 4) is 5.75 Å². The molecule has 0 heterocycles. The Morgan fingerprint density at radius 3 is 2.18 bits per heavy atom. The zero-order valence-electron chi connectivity index (χ0n) is 12.0. The smallest absolute Gasteiger partial charge is 0.262 e. The van der Waals surface area contributed by atoms with E-state index < -0.39 is 19.9 Å². The topological polar surface area (TPSA) is 89.5 Å². The van der Waals surface area contributed by atoms with Crippen LogP contribution >= 0.6 is 0 Å². The molecule has 6 nitrogen and oxygen atoms in total. The number of anilines is 1. The Bertz CT molecular complexity index is 889. The van der Waals surface area contributed by atoms with Gasteiger partial charge < -0.3 is 4.74 Å². The lowest BCUT2D eigenvalue weighted by atomic mass is 10.3. The Kier molecular flexibility index (Phi) is 4.43. The van der Waals surface area contributed by atoms with Gasteiger partial charge in [-0.15, -0.1) is 0 Å². The second-order valence-electron chi connectivity index (χ2n) is 4.55. The van der Waals surface area contributed by atoms with Crippen LogP contribution in [-0.4, -0.2) is 30.2 Å². The summed E-state index contributed by atoms with van der Waals surface area (Å²) in [7, 11) is -5.98. The lowest BCUT2D eigenvalue weighted by Crippen LogP contribution is -2.14. The van der Waals surface area contributed by atoms with Crippen molar-refractivity contribution in [3.63, 3.8) is 0 Å². The molecule has 2 rings (SSSR count). The Hall–Kier alpha value is -2.06. The first-order valence-electron chi connectivity index (χ1n) is 6.20. The minimum atomic E-state index is -3.92. The maximum absolute atomic E-state index is 12.4. The molecule has 0 saturated heterocycles. The number of rotatable bonds is 5. The van der Waals surface area contributed by atoms with E-state index in [1.807, 2.05) is 0 Å². The number of benzene rings is 2. The van der Waals surface area contributed by atoms with E-state index in [-0.39, 0.29) is 15.5 Å². The van der Waals surface area contributed by atoms with E-state index in [0.717, 1.165) is 12.3 Å². The monoisotopic (exact) mass is 341 g/mol. The number of nitrogens with one attached hydrogen (secondary N) is 1. The Labute approximate surface area is 129 Å². The number of hydrogen-bond donors (Lipinski definition) is 1. The summed E-state index contributed by atoms with van der Waals surface area (Å²) in [5, 5.41) is 0. The van der Waals surface area contributed by atoms with Gasteiger partial charge in [0.15, 0.2) is 9.84 Å². The van der Waals surface area contributed by atoms with Crippen LogP contribution < -0.4 is 9.46 Å². The summed E-state index contributed by atoms with van der Waals surface area (Å²) in [6.07, 6.45) is 1.02. The average Bonchev–Trinajstić information content (AvgIpc) is 2.47. The van der Waals surface area contributed by atoms with Crippen LogP contribution in [0.4, 0.5) is 5.69 Å². The van der Waals surface area contributed by atoms with Gasteiger partial charge in [-0.25, -0.2) is 16.8 Å². The predicted molar refractivity (Wildman–Crippen MR) is 83.4 cm³/mol. The molecule has 0 aliphatic carbocycles. The van der Waals surface area contributed by atoms with Gasteiger partial charge in [-0.3, -0.25) is 4.72 Å². The standard InChI is InChI=1S/C14H15NO5S2/c1-20-14-9-4-3-8-13(14)15-22(18,19)12-7-5-6-11(10-12)21(2,16)17/h3-10,15H,1-2H3. The minimum Gasteiger partial charge on any atom is -0.495 e. The van der Waals surface area contributed by atoms with Crippen LogP contribution in [0.5, 0.6) is 5.75 Å². The summed E-state index contributed by atoms with van der Waals surface area (Å²) < 4.78 is 55.3. The molecule has 0 atom stereocenters. The van der Waals surface area contributed by atoms with Crippen molar-refractivity contribution in [2.24, 2.45) is 0 Å². The average molecular weight is 341 g/mol. The molecule has 8 heteroatoms. The Balaban J connectivity index is 2.43.